The molecule has 1 aliphatic heterocycles. The fourth-order valence-corrected chi connectivity index (χ4v) is 1.64. The van der Waals surface area contributed by atoms with Crippen LogP contribution in [0.15, 0.2) is 0 Å². The monoisotopic (exact) mass is 199 g/mol. The predicted octanol–water partition coefficient (Wildman–Crippen LogP) is -0.384. The summed E-state index contributed by atoms with van der Waals surface area (Å²) < 4.78 is 0. The second-order valence-corrected chi connectivity index (χ2v) is 4.25. The van der Waals surface area contributed by atoms with E-state index in [1.54, 1.807) is 0 Å². The van der Waals surface area contributed by atoms with Gasteiger partial charge < -0.3 is 15.1 Å². The van der Waals surface area contributed by atoms with E-state index < -0.39 is 0 Å². The van der Waals surface area contributed by atoms with Crippen LogP contribution in [0.1, 0.15) is 6.42 Å². The number of rotatable bonds is 4. The average Bonchev–Trinajstić information content (AvgIpc) is 2.65. The molecule has 4 nitrogen and oxygen atoms in total. The SMILES string of the molecule is CN(C)CCN(C)C(=O)C1CCNC1. The Morgan fingerprint density at radius 3 is 2.57 bits per heavy atom. The maximum atomic E-state index is 11.8. The van der Waals surface area contributed by atoms with Crippen molar-refractivity contribution in [3.8, 4) is 0 Å². The third-order valence-electron chi connectivity index (χ3n) is 2.67. The standard InChI is InChI=1S/C10H21N3O/c1-12(2)6-7-13(3)10(14)9-4-5-11-8-9/h9,11H,4-8H2,1-3H3. The summed E-state index contributed by atoms with van der Waals surface area (Å²) in [7, 11) is 5.94. The van der Waals surface area contributed by atoms with E-state index >= 15 is 0 Å². The predicted molar refractivity (Wildman–Crippen MR) is 57.2 cm³/mol. The Morgan fingerprint density at radius 2 is 2.07 bits per heavy atom. The highest BCUT2D eigenvalue weighted by Crippen LogP contribution is 2.10. The zero-order chi connectivity index (χ0) is 10.6. The van der Waals surface area contributed by atoms with E-state index in [-0.39, 0.29) is 11.8 Å². The van der Waals surface area contributed by atoms with E-state index in [9.17, 15) is 4.79 Å². The second kappa shape index (κ2) is 5.32. The first-order valence-corrected chi connectivity index (χ1v) is 5.21. The summed E-state index contributed by atoms with van der Waals surface area (Å²) in [5.41, 5.74) is 0. The van der Waals surface area contributed by atoms with Crippen LogP contribution in [-0.4, -0.2) is 63.0 Å². The Kier molecular flexibility index (Phi) is 4.35. The lowest BCUT2D eigenvalue weighted by Gasteiger charge is -2.22. The van der Waals surface area contributed by atoms with Gasteiger partial charge in [-0.05, 0) is 27.1 Å². The van der Waals surface area contributed by atoms with E-state index in [0.29, 0.717) is 0 Å². The lowest BCUT2D eigenvalue weighted by Crippen LogP contribution is -2.38. The number of nitrogens with one attached hydrogen (secondary N) is 1. The van der Waals surface area contributed by atoms with Gasteiger partial charge in [0.1, 0.15) is 0 Å². The molecule has 0 saturated carbocycles. The van der Waals surface area contributed by atoms with Crippen molar-refractivity contribution in [1.29, 1.82) is 0 Å². The van der Waals surface area contributed by atoms with Gasteiger partial charge in [-0.2, -0.15) is 0 Å². The first-order valence-electron chi connectivity index (χ1n) is 5.21. The molecule has 0 aliphatic carbocycles. The molecule has 0 aromatic rings. The molecule has 1 fully saturated rings. The minimum Gasteiger partial charge on any atom is -0.344 e. The highest BCUT2D eigenvalue weighted by Gasteiger charge is 2.24. The highest BCUT2D eigenvalue weighted by atomic mass is 16.2. The molecule has 1 amide bonds. The Balaban J connectivity index is 2.28. The summed E-state index contributed by atoms with van der Waals surface area (Å²) in [6.45, 7) is 3.59. The topological polar surface area (TPSA) is 35.6 Å². The van der Waals surface area contributed by atoms with Crippen molar-refractivity contribution in [2.75, 3.05) is 47.3 Å². The van der Waals surface area contributed by atoms with Crippen LogP contribution in [0, 0.1) is 5.92 Å². The summed E-state index contributed by atoms with van der Waals surface area (Å²) in [6.07, 6.45) is 0.991. The van der Waals surface area contributed by atoms with Gasteiger partial charge in [-0.3, -0.25) is 4.79 Å². The molecule has 0 aromatic heterocycles. The van der Waals surface area contributed by atoms with E-state index in [2.05, 4.69) is 10.2 Å². The summed E-state index contributed by atoms with van der Waals surface area (Å²) in [4.78, 5) is 15.8. The summed E-state index contributed by atoms with van der Waals surface area (Å²) in [6, 6.07) is 0. The maximum Gasteiger partial charge on any atom is 0.226 e. The molecular formula is C10H21N3O. The van der Waals surface area contributed by atoms with E-state index in [4.69, 9.17) is 0 Å². The molecule has 0 spiro atoms. The van der Waals surface area contributed by atoms with Crippen molar-refractivity contribution in [2.24, 2.45) is 5.92 Å². The molecule has 0 aromatic carbocycles. The van der Waals surface area contributed by atoms with Crippen molar-refractivity contribution in [3.63, 3.8) is 0 Å². The lowest BCUT2D eigenvalue weighted by atomic mass is 10.1. The average molecular weight is 199 g/mol. The third-order valence-corrected chi connectivity index (χ3v) is 2.67. The van der Waals surface area contributed by atoms with Crippen LogP contribution < -0.4 is 5.32 Å². The quantitative estimate of drug-likeness (QED) is 0.670. The van der Waals surface area contributed by atoms with Crippen LogP contribution in [0.5, 0.6) is 0 Å². The molecule has 1 rings (SSSR count). The second-order valence-electron chi connectivity index (χ2n) is 4.25. The summed E-state index contributed by atoms with van der Waals surface area (Å²) >= 11 is 0. The van der Waals surface area contributed by atoms with Crippen molar-refractivity contribution >= 4 is 5.91 Å². The Hall–Kier alpha value is -0.610. The first-order chi connectivity index (χ1) is 6.61. The maximum absolute atomic E-state index is 11.8. The fourth-order valence-electron chi connectivity index (χ4n) is 1.64. The number of nitrogens with zero attached hydrogens (tertiary/aromatic N) is 2. The normalized spacial score (nSPS) is 21.6. The number of likely N-dealkylation sites (N-methyl/N-ethyl adjacent to an activating group) is 2. The minimum absolute atomic E-state index is 0.210. The molecule has 1 aliphatic rings. The van der Waals surface area contributed by atoms with Crippen LogP contribution in [0.4, 0.5) is 0 Å². The summed E-state index contributed by atoms with van der Waals surface area (Å²) in [5.74, 6) is 0.499. The van der Waals surface area contributed by atoms with E-state index in [1.165, 1.54) is 0 Å². The lowest BCUT2D eigenvalue weighted by molar-refractivity contribution is -0.133. The third kappa shape index (κ3) is 3.27. The molecule has 1 saturated heterocycles. The van der Waals surface area contributed by atoms with Gasteiger partial charge in [0.25, 0.3) is 0 Å². The van der Waals surface area contributed by atoms with Gasteiger partial charge in [-0.15, -0.1) is 0 Å². The zero-order valence-corrected chi connectivity index (χ0v) is 9.42. The fraction of sp³-hybridized carbons (Fsp3) is 0.900. The van der Waals surface area contributed by atoms with Gasteiger partial charge in [0.2, 0.25) is 5.91 Å². The van der Waals surface area contributed by atoms with Crippen LogP contribution in [-0.2, 0) is 4.79 Å². The number of hydrogen-bond acceptors (Lipinski definition) is 3. The highest BCUT2D eigenvalue weighted by molar-refractivity contribution is 5.79. The largest absolute Gasteiger partial charge is 0.344 e. The van der Waals surface area contributed by atoms with Gasteiger partial charge in [0, 0.05) is 26.7 Å². The van der Waals surface area contributed by atoms with Gasteiger partial charge in [-0.1, -0.05) is 0 Å². The molecule has 4 heteroatoms. The van der Waals surface area contributed by atoms with Crippen molar-refractivity contribution in [3.05, 3.63) is 0 Å². The first kappa shape index (κ1) is 11.5. The van der Waals surface area contributed by atoms with Gasteiger partial charge in [0.15, 0.2) is 0 Å². The molecule has 1 N–H and O–H groups in total. The Morgan fingerprint density at radius 1 is 1.36 bits per heavy atom. The number of carbonyl (C=O) groups excluding carboxylic acids is 1. The molecule has 0 radical (unpaired) electrons. The number of hydrogen-bond donors (Lipinski definition) is 1. The number of carbonyl (C=O) groups is 1. The minimum atomic E-state index is 0.210. The van der Waals surface area contributed by atoms with E-state index in [1.807, 2.05) is 26.0 Å². The molecule has 82 valence electrons. The Bertz CT molecular complexity index is 188. The van der Waals surface area contributed by atoms with Crippen molar-refractivity contribution < 1.29 is 4.79 Å². The molecule has 1 unspecified atom stereocenters. The number of amides is 1. The molecule has 1 atom stereocenters. The van der Waals surface area contributed by atoms with E-state index in [0.717, 1.165) is 32.6 Å². The van der Waals surface area contributed by atoms with Gasteiger partial charge >= 0.3 is 0 Å². The zero-order valence-electron chi connectivity index (χ0n) is 9.42. The molecule has 14 heavy (non-hydrogen) atoms. The summed E-state index contributed by atoms with van der Waals surface area (Å²) in [5, 5.41) is 3.22. The van der Waals surface area contributed by atoms with Crippen molar-refractivity contribution in [1.82, 2.24) is 15.1 Å². The van der Waals surface area contributed by atoms with Gasteiger partial charge in [-0.25, -0.2) is 0 Å². The van der Waals surface area contributed by atoms with Crippen LogP contribution in [0.3, 0.4) is 0 Å². The molecule has 1 heterocycles. The van der Waals surface area contributed by atoms with Crippen LogP contribution >= 0.6 is 0 Å². The molecular weight excluding hydrogens is 178 g/mol. The van der Waals surface area contributed by atoms with Crippen LogP contribution in [0.25, 0.3) is 0 Å². The van der Waals surface area contributed by atoms with Gasteiger partial charge in [0.05, 0.1) is 5.92 Å². The smallest absolute Gasteiger partial charge is 0.226 e. The van der Waals surface area contributed by atoms with Crippen LogP contribution in [0.2, 0.25) is 0 Å². The van der Waals surface area contributed by atoms with Crippen molar-refractivity contribution in [2.45, 2.75) is 6.42 Å². The Labute approximate surface area is 86.2 Å². The molecule has 0 bridgehead atoms.